The number of fused-ring (bicyclic) bond motifs is 1. The van der Waals surface area contributed by atoms with Crippen molar-refractivity contribution in [1.82, 2.24) is 0 Å². The maximum absolute atomic E-state index is 10.7. The lowest BCUT2D eigenvalue weighted by molar-refractivity contribution is -0.141. The number of hydrogen-bond acceptors (Lipinski definition) is 2. The largest absolute Gasteiger partial charge is 0.479 e. The minimum Gasteiger partial charge on any atom is -0.479 e. The Balaban J connectivity index is 2.41. The zero-order chi connectivity index (χ0) is 8.11. The summed E-state index contributed by atoms with van der Waals surface area (Å²) in [6.45, 7) is 1.76. The second kappa shape index (κ2) is 1.56. The molecule has 0 bridgehead atoms. The van der Waals surface area contributed by atoms with E-state index < -0.39 is 17.2 Å². The second-order valence-electron chi connectivity index (χ2n) is 2.97. The van der Waals surface area contributed by atoms with Crippen molar-refractivity contribution in [3.63, 3.8) is 0 Å². The van der Waals surface area contributed by atoms with Crippen LogP contribution in [0, 0.1) is 0 Å². The van der Waals surface area contributed by atoms with Crippen molar-refractivity contribution in [2.75, 3.05) is 0 Å². The van der Waals surface area contributed by atoms with Crippen LogP contribution in [0.2, 0.25) is 0 Å². The highest BCUT2D eigenvalue weighted by Gasteiger charge is 2.70. The van der Waals surface area contributed by atoms with E-state index in [4.69, 9.17) is 9.84 Å². The average molecular weight is 152 g/mol. The summed E-state index contributed by atoms with van der Waals surface area (Å²) in [6.07, 6.45) is 6.84. The van der Waals surface area contributed by atoms with Gasteiger partial charge in [-0.15, -0.1) is 0 Å². The van der Waals surface area contributed by atoms with Crippen LogP contribution in [0.4, 0.5) is 0 Å². The van der Waals surface area contributed by atoms with E-state index in [9.17, 15) is 4.79 Å². The number of epoxide rings is 1. The summed E-state index contributed by atoms with van der Waals surface area (Å²) in [4.78, 5) is 10.7. The van der Waals surface area contributed by atoms with Gasteiger partial charge in [0, 0.05) is 0 Å². The number of hydrogen-bond donors (Lipinski definition) is 1. The number of aliphatic carboxylic acids is 1. The number of ether oxygens (including phenoxy) is 1. The molecule has 0 aromatic rings. The molecule has 0 aromatic carbocycles. The Morgan fingerprint density at radius 1 is 1.45 bits per heavy atom. The fraction of sp³-hybridized carbons (Fsp3) is 0.375. The van der Waals surface area contributed by atoms with Crippen LogP contribution in [0.15, 0.2) is 24.3 Å². The lowest BCUT2D eigenvalue weighted by atomic mass is 9.90. The molecule has 2 atom stereocenters. The predicted octanol–water partition coefficient (Wildman–Crippen LogP) is 0.725. The zero-order valence-corrected chi connectivity index (χ0v) is 6.07. The molecule has 2 aliphatic rings. The smallest absolute Gasteiger partial charge is 0.343 e. The van der Waals surface area contributed by atoms with Crippen LogP contribution in [0.5, 0.6) is 0 Å². The van der Waals surface area contributed by atoms with E-state index in [-0.39, 0.29) is 0 Å². The number of carboxylic acids is 1. The monoisotopic (exact) mass is 152 g/mol. The van der Waals surface area contributed by atoms with Crippen molar-refractivity contribution >= 4 is 5.97 Å². The van der Waals surface area contributed by atoms with Crippen molar-refractivity contribution in [2.45, 2.75) is 18.1 Å². The molecule has 3 nitrogen and oxygen atoms in total. The Hall–Kier alpha value is -1.09. The fourth-order valence-corrected chi connectivity index (χ4v) is 1.42. The molecule has 0 spiro atoms. The summed E-state index contributed by atoms with van der Waals surface area (Å²) in [6, 6.07) is 0. The number of carbonyl (C=O) groups is 1. The summed E-state index contributed by atoms with van der Waals surface area (Å²) in [5, 5.41) is 8.79. The molecule has 0 radical (unpaired) electrons. The van der Waals surface area contributed by atoms with Crippen molar-refractivity contribution in [2.24, 2.45) is 0 Å². The Morgan fingerprint density at radius 3 is 2.55 bits per heavy atom. The first-order chi connectivity index (χ1) is 5.11. The summed E-state index contributed by atoms with van der Waals surface area (Å²) in [5.74, 6) is -0.916. The molecular formula is C8H8O3. The van der Waals surface area contributed by atoms with Crippen LogP contribution >= 0.6 is 0 Å². The van der Waals surface area contributed by atoms with Gasteiger partial charge in [0.05, 0.1) is 0 Å². The standard InChI is InChI=1S/C8H8O3/c1-7-4-2-3-5-8(7,11-7)6(9)10/h2-5H,1H3,(H,9,10). The first-order valence-electron chi connectivity index (χ1n) is 3.41. The predicted molar refractivity (Wildman–Crippen MR) is 38.1 cm³/mol. The molecule has 1 saturated heterocycles. The first kappa shape index (κ1) is 6.61. The second-order valence-corrected chi connectivity index (χ2v) is 2.97. The molecule has 0 aromatic heterocycles. The van der Waals surface area contributed by atoms with Crippen molar-refractivity contribution in [1.29, 1.82) is 0 Å². The number of allylic oxidation sites excluding steroid dienone is 2. The fourth-order valence-electron chi connectivity index (χ4n) is 1.42. The number of carboxylic acid groups (broad SMARTS) is 1. The van der Waals surface area contributed by atoms with Crippen LogP contribution in [-0.4, -0.2) is 22.3 Å². The Kier molecular flexibility index (Phi) is 0.937. The van der Waals surface area contributed by atoms with Crippen LogP contribution < -0.4 is 0 Å². The minimum atomic E-state index is -1.07. The molecule has 1 aliphatic heterocycles. The molecule has 0 amide bonds. The molecule has 2 unspecified atom stereocenters. The van der Waals surface area contributed by atoms with Gasteiger partial charge < -0.3 is 9.84 Å². The number of rotatable bonds is 1. The molecule has 1 fully saturated rings. The highest BCUT2D eigenvalue weighted by molar-refractivity contribution is 5.87. The highest BCUT2D eigenvalue weighted by Crippen LogP contribution is 2.51. The third kappa shape index (κ3) is 0.587. The SMILES string of the molecule is CC12C=CC=CC1(C(=O)O)O2. The van der Waals surface area contributed by atoms with Crippen LogP contribution in [0.3, 0.4) is 0 Å². The van der Waals surface area contributed by atoms with Gasteiger partial charge in [-0.1, -0.05) is 12.2 Å². The minimum absolute atomic E-state index is 0.604. The van der Waals surface area contributed by atoms with Crippen molar-refractivity contribution in [3.8, 4) is 0 Å². The highest BCUT2D eigenvalue weighted by atomic mass is 16.6. The Morgan fingerprint density at radius 2 is 2.09 bits per heavy atom. The summed E-state index contributed by atoms with van der Waals surface area (Å²) >= 11 is 0. The molecule has 1 heterocycles. The quantitative estimate of drug-likeness (QED) is 0.563. The first-order valence-corrected chi connectivity index (χ1v) is 3.41. The molecule has 0 saturated carbocycles. The van der Waals surface area contributed by atoms with E-state index in [0.717, 1.165) is 0 Å². The van der Waals surface area contributed by atoms with Crippen molar-refractivity contribution < 1.29 is 14.6 Å². The van der Waals surface area contributed by atoms with E-state index in [0.29, 0.717) is 0 Å². The normalized spacial score (nSPS) is 45.2. The average Bonchev–Trinajstić information content (AvgIpc) is 2.56. The molecule has 58 valence electrons. The Labute approximate surface area is 64.0 Å². The maximum Gasteiger partial charge on any atom is 0.343 e. The summed E-state index contributed by atoms with van der Waals surface area (Å²) in [5.41, 5.74) is -1.67. The van der Waals surface area contributed by atoms with Gasteiger partial charge >= 0.3 is 5.97 Å². The molecule has 11 heavy (non-hydrogen) atoms. The lowest BCUT2D eigenvalue weighted by Crippen LogP contribution is -2.30. The van der Waals surface area contributed by atoms with Crippen LogP contribution in [0.1, 0.15) is 6.92 Å². The van der Waals surface area contributed by atoms with Gasteiger partial charge in [0.1, 0.15) is 5.60 Å². The molecule has 1 N–H and O–H groups in total. The van der Waals surface area contributed by atoms with E-state index >= 15 is 0 Å². The zero-order valence-electron chi connectivity index (χ0n) is 6.07. The maximum atomic E-state index is 10.7. The molecule has 3 heteroatoms. The van der Waals surface area contributed by atoms with Gasteiger partial charge in [0.15, 0.2) is 0 Å². The lowest BCUT2D eigenvalue weighted by Gasteiger charge is -2.06. The van der Waals surface area contributed by atoms with Gasteiger partial charge in [-0.25, -0.2) is 4.79 Å². The molecule has 2 rings (SSSR count). The van der Waals surface area contributed by atoms with Gasteiger partial charge in [0.2, 0.25) is 5.60 Å². The topological polar surface area (TPSA) is 49.8 Å². The van der Waals surface area contributed by atoms with E-state index in [1.54, 1.807) is 31.2 Å². The van der Waals surface area contributed by atoms with Gasteiger partial charge in [0.25, 0.3) is 0 Å². The van der Waals surface area contributed by atoms with E-state index in [2.05, 4.69) is 0 Å². The van der Waals surface area contributed by atoms with Gasteiger partial charge in [-0.05, 0) is 19.1 Å². The Bertz CT molecular complexity index is 279. The van der Waals surface area contributed by atoms with E-state index in [1.807, 2.05) is 0 Å². The summed E-state index contributed by atoms with van der Waals surface area (Å²) < 4.78 is 5.14. The third-order valence-corrected chi connectivity index (χ3v) is 2.24. The van der Waals surface area contributed by atoms with Gasteiger partial charge in [-0.3, -0.25) is 0 Å². The third-order valence-electron chi connectivity index (χ3n) is 2.24. The summed E-state index contributed by atoms with van der Waals surface area (Å²) in [7, 11) is 0. The van der Waals surface area contributed by atoms with Crippen molar-refractivity contribution in [3.05, 3.63) is 24.3 Å². The van der Waals surface area contributed by atoms with Crippen LogP contribution in [0.25, 0.3) is 0 Å². The van der Waals surface area contributed by atoms with E-state index in [1.165, 1.54) is 0 Å². The van der Waals surface area contributed by atoms with Crippen LogP contribution in [-0.2, 0) is 9.53 Å². The molecular weight excluding hydrogens is 144 g/mol. The van der Waals surface area contributed by atoms with Gasteiger partial charge in [-0.2, -0.15) is 0 Å². The molecule has 1 aliphatic carbocycles.